The molecule has 0 amide bonds. The van der Waals surface area contributed by atoms with E-state index in [4.69, 9.17) is 0 Å². The summed E-state index contributed by atoms with van der Waals surface area (Å²) in [5, 5.41) is 8.86. The van der Waals surface area contributed by atoms with Crippen LogP contribution in [0.1, 0.15) is 11.1 Å². The molecule has 116 valence electrons. The van der Waals surface area contributed by atoms with Gasteiger partial charge in [0.2, 0.25) is 0 Å². The molecule has 2 aromatic carbocycles. The molecule has 0 aliphatic rings. The van der Waals surface area contributed by atoms with E-state index in [1.807, 2.05) is 60.7 Å². The van der Waals surface area contributed by atoms with Gasteiger partial charge in [-0.1, -0.05) is 73.3 Å². The Morgan fingerprint density at radius 2 is 1.36 bits per heavy atom. The van der Waals surface area contributed by atoms with Gasteiger partial charge in [-0.2, -0.15) is 0 Å². The second-order valence-electron chi connectivity index (χ2n) is 4.45. The van der Waals surface area contributed by atoms with Gasteiger partial charge in [0.05, 0.1) is 0 Å². The van der Waals surface area contributed by atoms with Gasteiger partial charge < -0.3 is 5.11 Å². The third-order valence-electron chi connectivity index (χ3n) is 2.80. The van der Waals surface area contributed by atoms with Crippen molar-refractivity contribution in [1.82, 2.24) is 0 Å². The molecular formula is C16H16O4S2. The van der Waals surface area contributed by atoms with Crippen LogP contribution in [0, 0.1) is 0 Å². The first-order valence-corrected chi connectivity index (χ1v) is 8.55. The molecule has 0 spiro atoms. The van der Waals surface area contributed by atoms with E-state index < -0.39 is 15.8 Å². The second-order valence-corrected chi connectivity index (χ2v) is 6.73. The van der Waals surface area contributed by atoms with Crippen molar-refractivity contribution in [2.75, 3.05) is 0 Å². The minimum atomic E-state index is -0.908. The van der Waals surface area contributed by atoms with Crippen molar-refractivity contribution >= 4 is 33.7 Å². The van der Waals surface area contributed by atoms with Crippen LogP contribution >= 0.6 is 23.1 Å². The average molecular weight is 336 g/mol. The van der Waals surface area contributed by atoms with Crippen molar-refractivity contribution in [2.24, 2.45) is 0 Å². The first-order chi connectivity index (χ1) is 10.6. The Bertz CT molecular complexity index is 598. The fraction of sp³-hybridized carbons (Fsp3) is 0.125. The highest BCUT2D eigenvalue weighted by molar-refractivity contribution is 8.14. The maximum Gasteiger partial charge on any atom is 0.398 e. The van der Waals surface area contributed by atoms with E-state index in [9.17, 15) is 9.90 Å². The summed E-state index contributed by atoms with van der Waals surface area (Å²) in [6.07, 6.45) is 0. The van der Waals surface area contributed by atoms with E-state index >= 15 is 0 Å². The summed E-state index contributed by atoms with van der Waals surface area (Å²) in [6.45, 7) is 0. The van der Waals surface area contributed by atoms with Gasteiger partial charge in [-0.25, -0.2) is 4.79 Å². The van der Waals surface area contributed by atoms with Crippen LogP contribution < -0.4 is 0 Å². The molecule has 0 aliphatic heterocycles. The van der Waals surface area contributed by atoms with Crippen LogP contribution in [-0.4, -0.2) is 15.6 Å². The van der Waals surface area contributed by atoms with E-state index in [2.05, 4.69) is 22.4 Å². The molecule has 2 aromatic rings. The molecule has 0 bridgehead atoms. The van der Waals surface area contributed by atoms with Gasteiger partial charge in [0.15, 0.2) is 0 Å². The number of hydrogen-bond acceptors (Lipinski definition) is 3. The van der Waals surface area contributed by atoms with E-state index in [-0.39, 0.29) is 5.24 Å². The van der Waals surface area contributed by atoms with Crippen molar-refractivity contribution in [2.45, 2.75) is 11.5 Å². The molecule has 0 unspecified atom stereocenters. The van der Waals surface area contributed by atoms with Gasteiger partial charge in [-0.15, -0.1) is 15.4 Å². The number of aliphatic hydroxyl groups excluding tert-OH is 1. The van der Waals surface area contributed by atoms with Crippen LogP contribution in [0.25, 0.3) is 0 Å². The zero-order chi connectivity index (χ0) is 15.8. The van der Waals surface area contributed by atoms with Crippen LogP contribution in [-0.2, 0) is 21.3 Å². The minimum absolute atomic E-state index is 0.310. The fourth-order valence-corrected chi connectivity index (χ4v) is 3.55. The molecule has 0 aliphatic carbocycles. The highest BCUT2D eigenvalue weighted by atomic mass is 32.2. The molecule has 0 radical (unpaired) electrons. The van der Waals surface area contributed by atoms with Crippen molar-refractivity contribution in [3.63, 3.8) is 0 Å². The van der Waals surface area contributed by atoms with Gasteiger partial charge in [0, 0.05) is 11.5 Å². The highest BCUT2D eigenvalue weighted by Gasteiger charge is 2.09. The molecule has 2 rings (SSSR count). The number of carbonyl (C=O) groups excluding carboxylic acids is 1. The van der Waals surface area contributed by atoms with Crippen molar-refractivity contribution in [3.05, 3.63) is 71.8 Å². The Labute approximate surface area is 137 Å². The van der Waals surface area contributed by atoms with E-state index in [1.54, 1.807) is 0 Å². The summed E-state index contributed by atoms with van der Waals surface area (Å²) in [6, 6.07) is 19.5. The zero-order valence-corrected chi connectivity index (χ0v) is 13.4. The molecule has 6 heteroatoms. The van der Waals surface area contributed by atoms with Crippen LogP contribution in [0.3, 0.4) is 0 Å². The predicted octanol–water partition coefficient (Wildman–Crippen LogP) is 4.30. The quantitative estimate of drug-likeness (QED) is 0.378. The maximum atomic E-state index is 10.7. The topological polar surface area (TPSA) is 55.8 Å². The standard InChI is InChI=1S/C16H16O4S2/c17-15(21)19-20-16(18)22(11-13-7-3-1-4-8-13)12-14-9-5-2-6-10-14/h1-10,18H,11-12H2,(H,17,21). The third-order valence-corrected chi connectivity index (χ3v) is 4.80. The lowest BCUT2D eigenvalue weighted by Crippen LogP contribution is -2.08. The van der Waals surface area contributed by atoms with E-state index in [1.165, 1.54) is 0 Å². The van der Waals surface area contributed by atoms with Gasteiger partial charge in [0.1, 0.15) is 0 Å². The Hall–Kier alpha value is -1.60. The molecular weight excluding hydrogens is 320 g/mol. The maximum absolute atomic E-state index is 10.7. The van der Waals surface area contributed by atoms with Crippen LogP contribution in [0.15, 0.2) is 60.7 Å². The predicted molar refractivity (Wildman–Crippen MR) is 92.1 cm³/mol. The largest absolute Gasteiger partial charge is 0.398 e. The first-order valence-electron chi connectivity index (χ1n) is 6.54. The summed E-state index contributed by atoms with van der Waals surface area (Å²) < 4.78 is 0. The number of aliphatic hydroxyl groups is 1. The summed E-state index contributed by atoms with van der Waals surface area (Å²) >= 11 is 3.43. The highest BCUT2D eigenvalue weighted by Crippen LogP contribution is 2.27. The van der Waals surface area contributed by atoms with Crippen LogP contribution in [0.4, 0.5) is 4.79 Å². The lowest BCUT2D eigenvalue weighted by atomic mass is 10.2. The minimum Gasteiger partial charge on any atom is -0.334 e. The molecule has 0 saturated heterocycles. The van der Waals surface area contributed by atoms with Crippen molar-refractivity contribution < 1.29 is 19.7 Å². The van der Waals surface area contributed by atoms with Crippen molar-refractivity contribution in [3.8, 4) is 0 Å². The molecule has 0 aromatic heterocycles. The van der Waals surface area contributed by atoms with Gasteiger partial charge >= 0.3 is 5.30 Å². The SMILES string of the molecule is O=C(S)OOC(O)=S(Cc1ccccc1)Cc1ccccc1. The fourth-order valence-electron chi connectivity index (χ4n) is 1.84. The second kappa shape index (κ2) is 8.75. The van der Waals surface area contributed by atoms with E-state index in [0.29, 0.717) is 11.5 Å². The Morgan fingerprint density at radius 3 is 1.77 bits per heavy atom. The number of rotatable bonds is 4. The van der Waals surface area contributed by atoms with Crippen molar-refractivity contribution in [1.29, 1.82) is 0 Å². The van der Waals surface area contributed by atoms with Gasteiger partial charge in [0.25, 0.3) is 5.24 Å². The normalized spacial score (nSPS) is 10.5. The average Bonchev–Trinajstić information content (AvgIpc) is 2.54. The van der Waals surface area contributed by atoms with E-state index in [0.717, 1.165) is 11.1 Å². The molecule has 0 saturated carbocycles. The summed E-state index contributed by atoms with van der Waals surface area (Å²) in [4.78, 5) is 19.7. The molecule has 0 fully saturated rings. The van der Waals surface area contributed by atoms with Crippen LogP contribution in [0.2, 0.25) is 0 Å². The molecule has 4 nitrogen and oxygen atoms in total. The zero-order valence-electron chi connectivity index (χ0n) is 11.7. The lowest BCUT2D eigenvalue weighted by molar-refractivity contribution is -0.158. The summed E-state index contributed by atoms with van der Waals surface area (Å²) in [5.41, 5.74) is 2.13. The molecule has 1 N–H and O–H groups in total. The number of benzene rings is 2. The third kappa shape index (κ3) is 5.65. The molecule has 0 heterocycles. The smallest absolute Gasteiger partial charge is 0.334 e. The monoisotopic (exact) mass is 336 g/mol. The van der Waals surface area contributed by atoms with Gasteiger partial charge in [-0.05, 0) is 11.1 Å². The molecule has 22 heavy (non-hydrogen) atoms. The summed E-state index contributed by atoms with van der Waals surface area (Å²) in [7, 11) is -0.649. The molecule has 0 atom stereocenters. The first kappa shape index (κ1) is 16.8. The number of carbonyl (C=O) groups is 1. The lowest BCUT2D eigenvalue weighted by Gasteiger charge is -2.12. The summed E-state index contributed by atoms with van der Waals surface area (Å²) in [5.74, 6) is 1.18. The number of thiol groups is 1. The van der Waals surface area contributed by atoms with Crippen LogP contribution in [0.5, 0.6) is 0 Å². The van der Waals surface area contributed by atoms with Gasteiger partial charge in [-0.3, -0.25) is 4.89 Å². The Kier molecular flexibility index (Phi) is 6.67. The Morgan fingerprint density at radius 1 is 0.909 bits per heavy atom. The number of hydrogen-bond donors (Lipinski definition) is 2. The Balaban J connectivity index is 2.19.